The molecule has 1 N–H and O–H groups in total. The summed E-state index contributed by atoms with van der Waals surface area (Å²) < 4.78 is 0. The van der Waals surface area contributed by atoms with Crippen molar-refractivity contribution >= 4 is 28.8 Å². The van der Waals surface area contributed by atoms with Crippen LogP contribution in [-0.2, 0) is 4.79 Å². The lowest BCUT2D eigenvalue weighted by atomic mass is 9.89. The van der Waals surface area contributed by atoms with Crippen LogP contribution >= 0.6 is 12.2 Å². The molecule has 1 aromatic carbocycles. The van der Waals surface area contributed by atoms with Crippen LogP contribution in [0.5, 0.6) is 0 Å². The van der Waals surface area contributed by atoms with Crippen molar-refractivity contribution in [2.75, 3.05) is 18.5 Å². The molecule has 1 aromatic rings. The lowest BCUT2D eigenvalue weighted by Gasteiger charge is -2.37. The fraction of sp³-hybridized carbons (Fsp3) is 0.636. The number of nitrogens with one attached hydrogen (secondary N) is 1. The molecule has 4 nitrogen and oxygen atoms in total. The van der Waals surface area contributed by atoms with Gasteiger partial charge in [0.1, 0.15) is 6.54 Å². The fourth-order valence-corrected chi connectivity index (χ4v) is 4.93. The summed E-state index contributed by atoms with van der Waals surface area (Å²) in [5, 5.41) is 1.91. The second-order valence-electron chi connectivity index (χ2n) is 7.87. The van der Waals surface area contributed by atoms with Crippen molar-refractivity contribution in [3.63, 3.8) is 0 Å². The summed E-state index contributed by atoms with van der Waals surface area (Å²) in [5.74, 6) is 0.564. The van der Waals surface area contributed by atoms with E-state index in [0.29, 0.717) is 18.5 Å². The van der Waals surface area contributed by atoms with Gasteiger partial charge in [0.05, 0.1) is 4.99 Å². The number of para-hydroxylation sites is 1. The average Bonchev–Trinajstić information content (AvgIpc) is 2.74. The highest BCUT2D eigenvalue weighted by molar-refractivity contribution is 7.80. The second-order valence-corrected chi connectivity index (χ2v) is 8.29. The topological polar surface area (TPSA) is 35.6 Å². The number of benzene rings is 1. The van der Waals surface area contributed by atoms with Crippen LogP contribution in [0.25, 0.3) is 0 Å². The molecule has 5 heteroatoms. The van der Waals surface area contributed by atoms with Crippen LogP contribution in [-0.4, -0.2) is 35.5 Å². The molecule has 0 heterocycles. The second kappa shape index (κ2) is 10.2. The first-order chi connectivity index (χ1) is 13.2. The van der Waals surface area contributed by atoms with E-state index in [0.717, 1.165) is 36.4 Å². The van der Waals surface area contributed by atoms with Crippen molar-refractivity contribution in [3.05, 3.63) is 30.3 Å². The van der Waals surface area contributed by atoms with Gasteiger partial charge in [0.2, 0.25) is 5.91 Å². The first kappa shape index (κ1) is 20.3. The van der Waals surface area contributed by atoms with Crippen molar-refractivity contribution in [1.82, 2.24) is 10.4 Å². The van der Waals surface area contributed by atoms with Gasteiger partial charge in [-0.05, 0) is 37.8 Å². The molecular formula is C22H33N3OS. The molecule has 0 bridgehead atoms. The molecular weight excluding hydrogens is 354 g/mol. The quantitative estimate of drug-likeness (QED) is 0.567. The molecule has 0 saturated heterocycles. The van der Waals surface area contributed by atoms with Gasteiger partial charge in [-0.1, -0.05) is 68.9 Å². The number of carbonyl (C=O) groups is 1. The highest BCUT2D eigenvalue weighted by Gasteiger charge is 2.30. The smallest absolute Gasteiger partial charge is 0.248 e. The van der Waals surface area contributed by atoms with Gasteiger partial charge < -0.3 is 4.90 Å². The van der Waals surface area contributed by atoms with E-state index in [1.807, 2.05) is 35.2 Å². The van der Waals surface area contributed by atoms with E-state index in [-0.39, 0.29) is 5.91 Å². The van der Waals surface area contributed by atoms with Crippen LogP contribution in [0, 0.1) is 5.92 Å². The Kier molecular flexibility index (Phi) is 7.65. The number of amides is 1. The van der Waals surface area contributed by atoms with E-state index in [1.54, 1.807) is 0 Å². The average molecular weight is 388 g/mol. The molecule has 2 aliphatic rings. The molecule has 0 atom stereocenters. The van der Waals surface area contributed by atoms with Crippen LogP contribution in [0.2, 0.25) is 0 Å². The van der Waals surface area contributed by atoms with Gasteiger partial charge in [-0.3, -0.25) is 9.80 Å². The van der Waals surface area contributed by atoms with E-state index in [4.69, 9.17) is 12.2 Å². The predicted molar refractivity (Wildman–Crippen MR) is 116 cm³/mol. The first-order valence-electron chi connectivity index (χ1n) is 10.6. The number of anilines is 1. The third kappa shape index (κ3) is 5.29. The molecule has 148 valence electrons. The number of nitrogens with zero attached hydrogens (tertiary/aromatic N) is 2. The molecule has 3 rings (SSSR count). The van der Waals surface area contributed by atoms with Crippen molar-refractivity contribution in [3.8, 4) is 0 Å². The van der Waals surface area contributed by atoms with Gasteiger partial charge in [-0.25, -0.2) is 5.43 Å². The zero-order chi connectivity index (χ0) is 19.1. The molecule has 0 aliphatic heterocycles. The minimum absolute atomic E-state index is 0.139. The van der Waals surface area contributed by atoms with E-state index in [2.05, 4.69) is 17.6 Å². The molecule has 2 aliphatic carbocycles. The molecule has 0 aromatic heterocycles. The maximum Gasteiger partial charge on any atom is 0.248 e. The summed E-state index contributed by atoms with van der Waals surface area (Å²) in [5.41, 5.74) is 4.19. The lowest BCUT2D eigenvalue weighted by molar-refractivity contribution is -0.120. The summed E-state index contributed by atoms with van der Waals surface area (Å²) >= 11 is 5.77. The van der Waals surface area contributed by atoms with Gasteiger partial charge >= 0.3 is 0 Å². The third-order valence-electron chi connectivity index (χ3n) is 6.03. The first-order valence-corrected chi connectivity index (χ1v) is 11.0. The molecule has 0 spiro atoms. The predicted octanol–water partition coefficient (Wildman–Crippen LogP) is 4.70. The normalized spacial score (nSPS) is 18.9. The van der Waals surface area contributed by atoms with Crippen LogP contribution < -0.4 is 10.3 Å². The van der Waals surface area contributed by atoms with Crippen molar-refractivity contribution in [2.45, 2.75) is 70.3 Å². The van der Waals surface area contributed by atoms with E-state index in [1.165, 1.54) is 38.5 Å². The Balaban J connectivity index is 1.73. The van der Waals surface area contributed by atoms with Crippen LogP contribution in [0.4, 0.5) is 5.69 Å². The lowest BCUT2D eigenvalue weighted by Crippen LogP contribution is -2.52. The number of hydrogen-bond donors (Lipinski definition) is 1. The van der Waals surface area contributed by atoms with Gasteiger partial charge in [0.25, 0.3) is 0 Å². The number of hydrogen-bond acceptors (Lipinski definition) is 3. The van der Waals surface area contributed by atoms with Crippen molar-refractivity contribution < 1.29 is 4.79 Å². The summed E-state index contributed by atoms with van der Waals surface area (Å²) in [6.45, 7) is 0.303. The maximum atomic E-state index is 13.4. The van der Waals surface area contributed by atoms with E-state index < -0.39 is 0 Å². The number of hydrazine groups is 1. The highest BCUT2D eigenvalue weighted by atomic mass is 32.1. The molecule has 0 radical (unpaired) electrons. The Bertz CT molecular complexity index is 609. The van der Waals surface area contributed by atoms with E-state index >= 15 is 0 Å². The van der Waals surface area contributed by atoms with E-state index in [9.17, 15) is 4.79 Å². The molecule has 1 amide bonds. The number of rotatable bonds is 6. The Morgan fingerprint density at radius 3 is 2.19 bits per heavy atom. The van der Waals surface area contributed by atoms with Gasteiger partial charge in [0.15, 0.2) is 0 Å². The van der Waals surface area contributed by atoms with Gasteiger partial charge in [0, 0.05) is 24.7 Å². The maximum absolute atomic E-state index is 13.4. The monoisotopic (exact) mass is 387 g/mol. The zero-order valence-corrected chi connectivity index (χ0v) is 17.3. The van der Waals surface area contributed by atoms with Crippen LogP contribution in [0.3, 0.4) is 0 Å². The van der Waals surface area contributed by atoms with Crippen molar-refractivity contribution in [2.24, 2.45) is 5.92 Å². The van der Waals surface area contributed by atoms with Crippen LogP contribution in [0.15, 0.2) is 30.3 Å². The number of carbonyl (C=O) groups excluding carboxylic acids is 1. The molecule has 27 heavy (non-hydrogen) atoms. The Morgan fingerprint density at radius 1 is 1.00 bits per heavy atom. The van der Waals surface area contributed by atoms with Crippen LogP contribution in [0.1, 0.15) is 64.2 Å². The van der Waals surface area contributed by atoms with Gasteiger partial charge in [-0.15, -0.1) is 0 Å². The minimum Gasteiger partial charge on any atom is -0.308 e. The summed E-state index contributed by atoms with van der Waals surface area (Å²) in [6.07, 6.45) is 12.0. The van der Waals surface area contributed by atoms with Gasteiger partial charge in [-0.2, -0.15) is 0 Å². The third-order valence-corrected chi connectivity index (χ3v) is 6.58. The minimum atomic E-state index is 0.139. The largest absolute Gasteiger partial charge is 0.308 e. The summed E-state index contributed by atoms with van der Waals surface area (Å²) in [4.78, 5) is 16.3. The Hall–Kier alpha value is -1.46. The zero-order valence-electron chi connectivity index (χ0n) is 16.5. The molecule has 0 unspecified atom stereocenters. The van der Waals surface area contributed by atoms with Crippen molar-refractivity contribution in [1.29, 1.82) is 0 Å². The molecule has 2 fully saturated rings. The molecule has 2 saturated carbocycles. The number of thiocarbonyl (C=S) groups is 1. The summed E-state index contributed by atoms with van der Waals surface area (Å²) in [6, 6.07) is 10.4. The Labute approximate surface area is 169 Å². The summed E-state index contributed by atoms with van der Waals surface area (Å²) in [7, 11) is 1.87. The SMILES string of the molecule is CNN(CC(=O)N(c1ccccc1)C1CCCCC1)C(=S)C1CCCCC1. The standard InChI is InChI=1S/C22H33N3OS/c1-23-24(22(27)18-11-5-2-6-12-18)17-21(26)25(19-13-7-3-8-14-19)20-15-9-4-10-16-20/h3,7-8,13-14,18,20,23H,2,4-6,9-12,15-17H2,1H3. The Morgan fingerprint density at radius 2 is 1.59 bits per heavy atom. The highest BCUT2D eigenvalue weighted by Crippen LogP contribution is 2.29. The fourth-order valence-electron chi connectivity index (χ4n) is 4.53.